The monoisotopic (exact) mass is 208 g/mol. The van der Waals surface area contributed by atoms with Gasteiger partial charge in [-0.1, -0.05) is 26.8 Å². The molecule has 0 aromatic carbocycles. The largest absolute Gasteiger partial charge is 0.388 e. The third-order valence-electron chi connectivity index (χ3n) is 2.32. The zero-order valence-corrected chi connectivity index (χ0v) is 9.99. The fraction of sp³-hybridized carbons (Fsp3) is 0.583. The molecule has 15 heavy (non-hydrogen) atoms. The predicted octanol–water partition coefficient (Wildman–Crippen LogP) is 2.33. The molecule has 1 aromatic rings. The maximum atomic E-state index is 9.95. The molecule has 0 saturated carbocycles. The van der Waals surface area contributed by atoms with Crippen molar-refractivity contribution in [3.8, 4) is 0 Å². The van der Waals surface area contributed by atoms with Gasteiger partial charge in [0.15, 0.2) is 0 Å². The van der Waals surface area contributed by atoms with Crippen LogP contribution in [-0.2, 0) is 12.5 Å². The van der Waals surface area contributed by atoms with Crippen LogP contribution in [0.15, 0.2) is 18.9 Å². The smallest absolute Gasteiger partial charge is 0.0857 e. The molecule has 0 bridgehead atoms. The molecule has 1 rings (SSSR count). The van der Waals surface area contributed by atoms with Gasteiger partial charge in [0.05, 0.1) is 11.8 Å². The summed E-state index contributed by atoms with van der Waals surface area (Å²) >= 11 is 0. The van der Waals surface area contributed by atoms with Gasteiger partial charge in [0.25, 0.3) is 0 Å². The number of hydrogen-bond donors (Lipinski definition) is 1. The SMILES string of the molecule is C=CCC(O)c1cn(C)nc1C(C)(C)C. The van der Waals surface area contributed by atoms with Crippen LogP contribution in [0.4, 0.5) is 0 Å². The number of aliphatic hydroxyl groups is 1. The quantitative estimate of drug-likeness (QED) is 0.774. The highest BCUT2D eigenvalue weighted by Gasteiger charge is 2.24. The van der Waals surface area contributed by atoms with Crippen LogP contribution in [0, 0.1) is 0 Å². The first-order chi connectivity index (χ1) is 6.86. The number of hydrogen-bond acceptors (Lipinski definition) is 2. The molecule has 3 heteroatoms. The molecule has 1 aromatic heterocycles. The summed E-state index contributed by atoms with van der Waals surface area (Å²) < 4.78 is 1.75. The Morgan fingerprint density at radius 1 is 1.60 bits per heavy atom. The van der Waals surface area contributed by atoms with Gasteiger partial charge in [-0.2, -0.15) is 5.10 Å². The number of aryl methyl sites for hydroxylation is 1. The van der Waals surface area contributed by atoms with E-state index in [1.54, 1.807) is 10.8 Å². The summed E-state index contributed by atoms with van der Waals surface area (Å²) in [6.45, 7) is 9.93. The first-order valence-corrected chi connectivity index (χ1v) is 5.19. The molecule has 1 atom stereocenters. The van der Waals surface area contributed by atoms with Crippen LogP contribution in [0.5, 0.6) is 0 Å². The van der Waals surface area contributed by atoms with Crippen LogP contribution < -0.4 is 0 Å². The molecule has 0 spiro atoms. The predicted molar refractivity (Wildman–Crippen MR) is 61.7 cm³/mol. The van der Waals surface area contributed by atoms with E-state index in [1.807, 2.05) is 13.2 Å². The summed E-state index contributed by atoms with van der Waals surface area (Å²) in [5.74, 6) is 0. The molecule has 1 heterocycles. The molecular formula is C12H20N2O. The number of aromatic nitrogens is 2. The maximum absolute atomic E-state index is 9.95. The second kappa shape index (κ2) is 4.19. The van der Waals surface area contributed by atoms with Gasteiger partial charge in [-0.05, 0) is 6.42 Å². The molecule has 0 amide bonds. The third-order valence-corrected chi connectivity index (χ3v) is 2.32. The molecule has 0 aliphatic carbocycles. The van der Waals surface area contributed by atoms with Gasteiger partial charge in [-0.25, -0.2) is 0 Å². The zero-order chi connectivity index (χ0) is 11.6. The molecule has 1 unspecified atom stereocenters. The summed E-state index contributed by atoms with van der Waals surface area (Å²) in [6, 6.07) is 0. The minimum absolute atomic E-state index is 0.0429. The van der Waals surface area contributed by atoms with Crippen LogP contribution in [-0.4, -0.2) is 14.9 Å². The van der Waals surface area contributed by atoms with Gasteiger partial charge in [0.1, 0.15) is 0 Å². The fourth-order valence-corrected chi connectivity index (χ4v) is 1.62. The lowest BCUT2D eigenvalue weighted by molar-refractivity contribution is 0.179. The Morgan fingerprint density at radius 2 is 2.20 bits per heavy atom. The lowest BCUT2D eigenvalue weighted by Gasteiger charge is -2.19. The van der Waals surface area contributed by atoms with Crippen molar-refractivity contribution in [1.82, 2.24) is 9.78 Å². The van der Waals surface area contributed by atoms with Gasteiger partial charge >= 0.3 is 0 Å². The third kappa shape index (κ3) is 2.69. The second-order valence-corrected chi connectivity index (χ2v) is 4.90. The summed E-state index contributed by atoms with van der Waals surface area (Å²) in [5, 5.41) is 14.4. The van der Waals surface area contributed by atoms with E-state index in [2.05, 4.69) is 32.4 Å². The van der Waals surface area contributed by atoms with E-state index in [-0.39, 0.29) is 5.41 Å². The van der Waals surface area contributed by atoms with Crippen LogP contribution >= 0.6 is 0 Å². The van der Waals surface area contributed by atoms with Gasteiger partial charge in [-0.3, -0.25) is 4.68 Å². The van der Waals surface area contributed by atoms with Crippen LogP contribution in [0.25, 0.3) is 0 Å². The Hall–Kier alpha value is -1.09. The molecule has 0 saturated heterocycles. The Labute approximate surface area is 91.4 Å². The number of nitrogens with zero attached hydrogens (tertiary/aromatic N) is 2. The Morgan fingerprint density at radius 3 is 2.67 bits per heavy atom. The van der Waals surface area contributed by atoms with E-state index >= 15 is 0 Å². The van der Waals surface area contributed by atoms with E-state index in [4.69, 9.17) is 0 Å². The average molecular weight is 208 g/mol. The lowest BCUT2D eigenvalue weighted by atomic mass is 9.87. The van der Waals surface area contributed by atoms with Crippen molar-refractivity contribution in [2.45, 2.75) is 38.7 Å². The van der Waals surface area contributed by atoms with Gasteiger partial charge < -0.3 is 5.11 Å². The summed E-state index contributed by atoms with van der Waals surface area (Å²) in [4.78, 5) is 0. The highest BCUT2D eigenvalue weighted by Crippen LogP contribution is 2.29. The van der Waals surface area contributed by atoms with E-state index in [1.165, 1.54) is 0 Å². The normalized spacial score (nSPS) is 13.9. The van der Waals surface area contributed by atoms with Crippen LogP contribution in [0.1, 0.15) is 44.6 Å². The summed E-state index contributed by atoms with van der Waals surface area (Å²) in [7, 11) is 1.87. The molecule has 0 fully saturated rings. The van der Waals surface area contributed by atoms with Crippen molar-refractivity contribution >= 4 is 0 Å². The van der Waals surface area contributed by atoms with Crippen molar-refractivity contribution in [1.29, 1.82) is 0 Å². The Balaban J connectivity index is 3.11. The van der Waals surface area contributed by atoms with E-state index in [0.29, 0.717) is 6.42 Å². The highest BCUT2D eigenvalue weighted by atomic mass is 16.3. The first kappa shape index (κ1) is 12.0. The van der Waals surface area contributed by atoms with Crippen molar-refractivity contribution in [3.05, 3.63) is 30.1 Å². The number of rotatable bonds is 3. The Bertz CT molecular complexity index is 347. The van der Waals surface area contributed by atoms with Gasteiger partial charge in [-0.15, -0.1) is 6.58 Å². The topological polar surface area (TPSA) is 38.0 Å². The van der Waals surface area contributed by atoms with Crippen molar-refractivity contribution in [3.63, 3.8) is 0 Å². The summed E-state index contributed by atoms with van der Waals surface area (Å²) in [5.41, 5.74) is 1.82. The minimum atomic E-state index is -0.495. The number of aliphatic hydroxyl groups excluding tert-OH is 1. The van der Waals surface area contributed by atoms with Crippen molar-refractivity contribution in [2.24, 2.45) is 7.05 Å². The van der Waals surface area contributed by atoms with E-state index in [0.717, 1.165) is 11.3 Å². The van der Waals surface area contributed by atoms with Crippen molar-refractivity contribution < 1.29 is 5.11 Å². The molecule has 84 valence electrons. The van der Waals surface area contributed by atoms with E-state index in [9.17, 15) is 5.11 Å². The molecular weight excluding hydrogens is 188 g/mol. The molecule has 1 N–H and O–H groups in total. The van der Waals surface area contributed by atoms with Crippen LogP contribution in [0.2, 0.25) is 0 Å². The molecule has 0 aliphatic rings. The van der Waals surface area contributed by atoms with Crippen molar-refractivity contribution in [2.75, 3.05) is 0 Å². The van der Waals surface area contributed by atoms with E-state index < -0.39 is 6.10 Å². The van der Waals surface area contributed by atoms with Gasteiger partial charge in [0.2, 0.25) is 0 Å². The minimum Gasteiger partial charge on any atom is -0.388 e. The molecule has 3 nitrogen and oxygen atoms in total. The lowest BCUT2D eigenvalue weighted by Crippen LogP contribution is -2.16. The second-order valence-electron chi connectivity index (χ2n) is 4.90. The van der Waals surface area contributed by atoms with Crippen LogP contribution in [0.3, 0.4) is 0 Å². The highest BCUT2D eigenvalue weighted by molar-refractivity contribution is 5.26. The average Bonchev–Trinajstić information content (AvgIpc) is 2.47. The fourth-order valence-electron chi connectivity index (χ4n) is 1.62. The molecule has 0 aliphatic heterocycles. The first-order valence-electron chi connectivity index (χ1n) is 5.19. The standard InChI is InChI=1S/C12H20N2O/c1-6-7-10(15)9-8-14(5)13-11(9)12(2,3)4/h6,8,10,15H,1,7H2,2-5H3. The zero-order valence-electron chi connectivity index (χ0n) is 9.99. The van der Waals surface area contributed by atoms with Gasteiger partial charge in [0, 0.05) is 24.2 Å². The molecule has 0 radical (unpaired) electrons. The maximum Gasteiger partial charge on any atom is 0.0857 e. The summed E-state index contributed by atoms with van der Waals surface area (Å²) in [6.07, 6.45) is 3.68. The Kier molecular flexibility index (Phi) is 3.35.